The van der Waals surface area contributed by atoms with Gasteiger partial charge in [0.1, 0.15) is 0 Å². The van der Waals surface area contributed by atoms with Crippen LogP contribution in [0.4, 0.5) is 0 Å². The van der Waals surface area contributed by atoms with Crippen molar-refractivity contribution in [2.45, 2.75) is 63.1 Å². The normalized spacial score (nSPS) is 27.7. The van der Waals surface area contributed by atoms with E-state index in [1.54, 1.807) is 0 Å². The molecule has 1 heterocycles. The molecule has 0 bridgehead atoms. The maximum absolute atomic E-state index is 11.4. The molecule has 1 rings (SSSR count). The summed E-state index contributed by atoms with van der Waals surface area (Å²) < 4.78 is 5.14. The smallest absolute Gasteiger partial charge is 0.307 e. The second-order valence-corrected chi connectivity index (χ2v) is 5.99. The van der Waals surface area contributed by atoms with Gasteiger partial charge in [-0.3, -0.25) is 4.79 Å². The summed E-state index contributed by atoms with van der Waals surface area (Å²) in [6.07, 6.45) is 4.33. The van der Waals surface area contributed by atoms with Gasteiger partial charge in [-0.2, -0.15) is 11.8 Å². The predicted octanol–water partition coefficient (Wildman–Crippen LogP) is 3.00. The lowest BCUT2D eigenvalue weighted by atomic mass is 10.1. The van der Waals surface area contributed by atoms with E-state index in [0.29, 0.717) is 16.9 Å². The maximum atomic E-state index is 11.4. The van der Waals surface area contributed by atoms with E-state index < -0.39 is 0 Å². The first-order chi connectivity index (χ1) is 6.58. The lowest BCUT2D eigenvalue weighted by Gasteiger charge is -2.25. The van der Waals surface area contributed by atoms with Gasteiger partial charge in [0.2, 0.25) is 0 Å². The summed E-state index contributed by atoms with van der Waals surface area (Å²) in [7, 11) is 0. The molecule has 1 saturated heterocycles. The first-order valence-corrected chi connectivity index (χ1v) is 6.37. The minimum atomic E-state index is -0.0356. The van der Waals surface area contributed by atoms with Crippen molar-refractivity contribution in [3.05, 3.63) is 0 Å². The van der Waals surface area contributed by atoms with Crippen molar-refractivity contribution in [3.8, 4) is 0 Å². The Balaban J connectivity index is 2.25. The van der Waals surface area contributed by atoms with E-state index >= 15 is 0 Å². The monoisotopic (exact) mass is 216 g/mol. The van der Waals surface area contributed by atoms with Crippen LogP contribution in [-0.2, 0) is 9.53 Å². The first kappa shape index (κ1) is 11.9. The molecule has 0 aromatic rings. The Morgan fingerprint density at radius 2 is 2.21 bits per heavy atom. The highest BCUT2D eigenvalue weighted by molar-refractivity contribution is 8.00. The minimum absolute atomic E-state index is 0.0218. The largest absolute Gasteiger partial charge is 0.463 e. The van der Waals surface area contributed by atoms with Gasteiger partial charge in [0.15, 0.2) is 0 Å². The highest BCUT2D eigenvalue weighted by atomic mass is 32.2. The molecule has 0 N–H and O–H groups in total. The minimum Gasteiger partial charge on any atom is -0.463 e. The number of hydrogen-bond acceptors (Lipinski definition) is 3. The summed E-state index contributed by atoms with van der Waals surface area (Å²) in [6.45, 7) is 6.04. The standard InChI is InChI=1S/C11H20O2S/c1-8(2)13-11(12)7-10-6-4-5-9(3)14-10/h8-10H,4-7H2,1-3H3/t9-,10-/m0/s1. The van der Waals surface area contributed by atoms with Crippen molar-refractivity contribution in [3.63, 3.8) is 0 Å². The van der Waals surface area contributed by atoms with Gasteiger partial charge in [-0.25, -0.2) is 0 Å². The van der Waals surface area contributed by atoms with Crippen LogP contribution in [0.2, 0.25) is 0 Å². The fourth-order valence-corrected chi connectivity index (χ4v) is 3.24. The van der Waals surface area contributed by atoms with Gasteiger partial charge in [0.25, 0.3) is 0 Å². The quantitative estimate of drug-likeness (QED) is 0.678. The number of thioether (sulfide) groups is 1. The molecule has 0 unspecified atom stereocenters. The summed E-state index contributed by atoms with van der Waals surface area (Å²) in [4.78, 5) is 11.4. The Hall–Kier alpha value is -0.180. The van der Waals surface area contributed by atoms with E-state index in [4.69, 9.17) is 4.74 Å². The second-order valence-electron chi connectivity index (χ2n) is 4.24. The SMILES string of the molecule is CC(C)OC(=O)C[C@@H]1CCC[C@H](C)S1. The van der Waals surface area contributed by atoms with Crippen molar-refractivity contribution >= 4 is 17.7 Å². The lowest BCUT2D eigenvalue weighted by Crippen LogP contribution is -2.21. The molecule has 1 aliphatic heterocycles. The van der Waals surface area contributed by atoms with E-state index in [9.17, 15) is 4.79 Å². The van der Waals surface area contributed by atoms with E-state index in [1.165, 1.54) is 19.3 Å². The van der Waals surface area contributed by atoms with Crippen LogP contribution in [0.1, 0.15) is 46.5 Å². The van der Waals surface area contributed by atoms with Crippen molar-refractivity contribution < 1.29 is 9.53 Å². The average molecular weight is 216 g/mol. The van der Waals surface area contributed by atoms with Crippen molar-refractivity contribution in [2.24, 2.45) is 0 Å². The third-order valence-electron chi connectivity index (χ3n) is 2.32. The molecule has 0 spiro atoms. The molecule has 0 radical (unpaired) electrons. The number of ether oxygens (including phenoxy) is 1. The van der Waals surface area contributed by atoms with Crippen molar-refractivity contribution in [1.82, 2.24) is 0 Å². The molecule has 2 nitrogen and oxygen atoms in total. The van der Waals surface area contributed by atoms with Crippen LogP contribution in [0.25, 0.3) is 0 Å². The van der Waals surface area contributed by atoms with E-state index in [2.05, 4.69) is 6.92 Å². The molecular formula is C11H20O2S. The van der Waals surface area contributed by atoms with Crippen LogP contribution in [-0.4, -0.2) is 22.6 Å². The number of rotatable bonds is 3. The van der Waals surface area contributed by atoms with Gasteiger partial charge in [0.05, 0.1) is 12.5 Å². The fourth-order valence-electron chi connectivity index (χ4n) is 1.74. The first-order valence-electron chi connectivity index (χ1n) is 5.43. The van der Waals surface area contributed by atoms with Crippen LogP contribution < -0.4 is 0 Å². The van der Waals surface area contributed by atoms with Crippen molar-refractivity contribution in [1.29, 1.82) is 0 Å². The lowest BCUT2D eigenvalue weighted by molar-refractivity contribution is -0.147. The molecule has 14 heavy (non-hydrogen) atoms. The van der Waals surface area contributed by atoms with Crippen LogP contribution in [0.15, 0.2) is 0 Å². The molecular weight excluding hydrogens is 196 g/mol. The Labute approximate surface area is 90.8 Å². The van der Waals surface area contributed by atoms with E-state index in [1.807, 2.05) is 25.6 Å². The molecule has 3 heteroatoms. The highest BCUT2D eigenvalue weighted by Crippen LogP contribution is 2.33. The van der Waals surface area contributed by atoms with Crippen molar-refractivity contribution in [2.75, 3.05) is 0 Å². The third kappa shape index (κ3) is 4.36. The molecule has 0 aromatic carbocycles. The molecule has 1 fully saturated rings. The molecule has 0 aliphatic carbocycles. The Bertz CT molecular complexity index is 192. The second kappa shape index (κ2) is 5.64. The summed E-state index contributed by atoms with van der Waals surface area (Å²) in [5.74, 6) is -0.0356. The van der Waals surface area contributed by atoms with Crippen LogP contribution in [0, 0.1) is 0 Å². The summed E-state index contributed by atoms with van der Waals surface area (Å²) in [5.41, 5.74) is 0. The van der Waals surface area contributed by atoms with Gasteiger partial charge < -0.3 is 4.74 Å². The van der Waals surface area contributed by atoms with Gasteiger partial charge >= 0.3 is 5.97 Å². The molecule has 2 atom stereocenters. The maximum Gasteiger partial charge on any atom is 0.307 e. The Morgan fingerprint density at radius 3 is 2.79 bits per heavy atom. The van der Waals surface area contributed by atoms with Crippen LogP contribution in [0.3, 0.4) is 0 Å². The zero-order valence-corrected chi connectivity index (χ0v) is 10.1. The van der Waals surface area contributed by atoms with Gasteiger partial charge in [-0.05, 0) is 26.7 Å². The average Bonchev–Trinajstić information content (AvgIpc) is 2.01. The van der Waals surface area contributed by atoms with Gasteiger partial charge in [0, 0.05) is 10.5 Å². The number of esters is 1. The van der Waals surface area contributed by atoms with Crippen LogP contribution in [0.5, 0.6) is 0 Å². The number of carbonyl (C=O) groups excluding carboxylic acids is 1. The molecule has 1 aliphatic rings. The van der Waals surface area contributed by atoms with E-state index in [0.717, 1.165) is 0 Å². The van der Waals surface area contributed by atoms with Gasteiger partial charge in [-0.15, -0.1) is 0 Å². The zero-order valence-electron chi connectivity index (χ0n) is 9.29. The zero-order chi connectivity index (χ0) is 10.6. The van der Waals surface area contributed by atoms with Crippen LogP contribution >= 0.6 is 11.8 Å². The third-order valence-corrected chi connectivity index (χ3v) is 3.81. The Kier molecular flexibility index (Phi) is 4.79. The fraction of sp³-hybridized carbons (Fsp3) is 0.909. The van der Waals surface area contributed by atoms with E-state index in [-0.39, 0.29) is 12.1 Å². The molecule has 0 saturated carbocycles. The summed E-state index contributed by atoms with van der Waals surface area (Å²) in [6, 6.07) is 0. The number of hydrogen-bond donors (Lipinski definition) is 0. The number of carbonyl (C=O) groups is 1. The topological polar surface area (TPSA) is 26.3 Å². The predicted molar refractivity (Wildman–Crippen MR) is 60.5 cm³/mol. The highest BCUT2D eigenvalue weighted by Gasteiger charge is 2.22. The summed E-state index contributed by atoms with van der Waals surface area (Å²) in [5, 5.41) is 1.20. The Morgan fingerprint density at radius 1 is 1.50 bits per heavy atom. The molecule has 82 valence electrons. The molecule has 0 aromatic heterocycles. The summed E-state index contributed by atoms with van der Waals surface area (Å²) >= 11 is 1.94. The van der Waals surface area contributed by atoms with Gasteiger partial charge in [-0.1, -0.05) is 13.3 Å². The molecule has 0 amide bonds.